The minimum Gasteiger partial charge on any atom is -0.353 e. The molecule has 0 saturated heterocycles. The van der Waals surface area contributed by atoms with E-state index in [1.807, 2.05) is 0 Å². The largest absolute Gasteiger partial charge is 0.353 e. The molecular formula is C19H17FN6O. The lowest BCUT2D eigenvalue weighted by Crippen LogP contribution is -2.15. The Balaban J connectivity index is 1.46. The van der Waals surface area contributed by atoms with Crippen LogP contribution in [0.3, 0.4) is 0 Å². The van der Waals surface area contributed by atoms with E-state index in [1.54, 1.807) is 30.6 Å². The summed E-state index contributed by atoms with van der Waals surface area (Å²) < 4.78 is 13.1. The van der Waals surface area contributed by atoms with Crippen molar-refractivity contribution in [3.63, 3.8) is 0 Å². The second-order valence-corrected chi connectivity index (χ2v) is 6.22. The number of hydrogen-bond acceptors (Lipinski definition) is 6. The number of aromatic nitrogens is 3. The smallest absolute Gasteiger partial charge is 0.258 e. The zero-order valence-electron chi connectivity index (χ0n) is 14.3. The first-order chi connectivity index (χ1) is 13.2. The molecule has 0 atom stereocenters. The number of amides is 1. The Hall–Kier alpha value is -3.55. The number of nitrogens with zero attached hydrogens (tertiary/aromatic N) is 3. The number of carbonyl (C=O) groups is 1. The second kappa shape index (κ2) is 7.36. The van der Waals surface area contributed by atoms with Gasteiger partial charge in [0, 0.05) is 30.3 Å². The number of carbonyl (C=O) groups excluding carboxylic acids is 1. The molecule has 1 saturated carbocycles. The third-order valence-corrected chi connectivity index (χ3v) is 4.02. The molecule has 2 aromatic heterocycles. The Morgan fingerprint density at radius 1 is 1.00 bits per heavy atom. The lowest BCUT2D eigenvalue weighted by molar-refractivity contribution is 0.102. The van der Waals surface area contributed by atoms with E-state index >= 15 is 0 Å². The third kappa shape index (κ3) is 4.35. The summed E-state index contributed by atoms with van der Waals surface area (Å²) in [5.74, 6) is -0.127. The van der Waals surface area contributed by atoms with Crippen LogP contribution in [0.4, 0.5) is 27.4 Å². The molecule has 0 bridgehead atoms. The monoisotopic (exact) mass is 364 g/mol. The van der Waals surface area contributed by atoms with E-state index in [1.165, 1.54) is 24.5 Å². The van der Waals surface area contributed by atoms with Crippen LogP contribution in [0.25, 0.3) is 0 Å². The highest BCUT2D eigenvalue weighted by Gasteiger charge is 2.22. The molecule has 1 amide bonds. The highest BCUT2D eigenvalue weighted by atomic mass is 19.1. The van der Waals surface area contributed by atoms with E-state index in [9.17, 15) is 9.18 Å². The van der Waals surface area contributed by atoms with Gasteiger partial charge in [-0.2, -0.15) is 0 Å². The van der Waals surface area contributed by atoms with Crippen molar-refractivity contribution in [2.45, 2.75) is 18.9 Å². The van der Waals surface area contributed by atoms with Gasteiger partial charge < -0.3 is 16.0 Å². The summed E-state index contributed by atoms with van der Waals surface area (Å²) in [6.07, 6.45) is 8.38. The van der Waals surface area contributed by atoms with E-state index in [0.717, 1.165) is 12.8 Å². The topological polar surface area (TPSA) is 91.8 Å². The van der Waals surface area contributed by atoms with Crippen molar-refractivity contribution in [1.82, 2.24) is 15.0 Å². The van der Waals surface area contributed by atoms with Gasteiger partial charge in [0.15, 0.2) is 0 Å². The third-order valence-electron chi connectivity index (χ3n) is 4.02. The number of anilines is 4. The van der Waals surface area contributed by atoms with Crippen LogP contribution < -0.4 is 16.0 Å². The van der Waals surface area contributed by atoms with Crippen molar-refractivity contribution in [2.24, 2.45) is 0 Å². The van der Waals surface area contributed by atoms with Gasteiger partial charge in [0.1, 0.15) is 5.82 Å². The zero-order chi connectivity index (χ0) is 18.6. The minimum atomic E-state index is -0.332. The molecule has 0 spiro atoms. The summed E-state index contributed by atoms with van der Waals surface area (Å²) in [5.41, 5.74) is 2.16. The summed E-state index contributed by atoms with van der Waals surface area (Å²) in [7, 11) is 0. The van der Waals surface area contributed by atoms with E-state index < -0.39 is 0 Å². The lowest BCUT2D eigenvalue weighted by atomic mass is 10.2. The fourth-order valence-electron chi connectivity index (χ4n) is 2.42. The van der Waals surface area contributed by atoms with Gasteiger partial charge in [-0.15, -0.1) is 0 Å². The molecular weight excluding hydrogens is 347 g/mol. The first-order valence-corrected chi connectivity index (χ1v) is 8.54. The average molecular weight is 364 g/mol. The normalized spacial score (nSPS) is 13.1. The Morgan fingerprint density at radius 3 is 2.44 bits per heavy atom. The molecule has 1 fully saturated rings. The van der Waals surface area contributed by atoms with Crippen LogP contribution in [-0.4, -0.2) is 26.9 Å². The van der Waals surface area contributed by atoms with Gasteiger partial charge in [-0.1, -0.05) is 0 Å². The molecule has 27 heavy (non-hydrogen) atoms. The summed E-state index contributed by atoms with van der Waals surface area (Å²) in [6.45, 7) is 0. The van der Waals surface area contributed by atoms with Crippen LogP contribution in [0, 0.1) is 5.82 Å². The predicted molar refractivity (Wildman–Crippen MR) is 101 cm³/mol. The number of rotatable bonds is 6. The molecule has 7 nitrogen and oxygen atoms in total. The Bertz CT molecular complexity index is 941. The first kappa shape index (κ1) is 16.9. The molecule has 0 unspecified atom stereocenters. The highest BCUT2D eigenvalue weighted by Crippen LogP contribution is 2.25. The Labute approximate surface area is 155 Å². The van der Waals surface area contributed by atoms with Crippen LogP contribution in [-0.2, 0) is 0 Å². The molecule has 0 aliphatic heterocycles. The molecule has 1 aliphatic rings. The Kier molecular flexibility index (Phi) is 4.61. The van der Waals surface area contributed by atoms with Gasteiger partial charge in [0.05, 0.1) is 23.1 Å². The van der Waals surface area contributed by atoms with Crippen molar-refractivity contribution in [2.75, 3.05) is 16.0 Å². The van der Waals surface area contributed by atoms with Crippen molar-refractivity contribution in [1.29, 1.82) is 0 Å². The quantitative estimate of drug-likeness (QED) is 0.619. The first-order valence-electron chi connectivity index (χ1n) is 8.54. The van der Waals surface area contributed by atoms with E-state index in [0.29, 0.717) is 34.6 Å². The maximum atomic E-state index is 13.1. The van der Waals surface area contributed by atoms with Crippen LogP contribution >= 0.6 is 0 Å². The van der Waals surface area contributed by atoms with Gasteiger partial charge in [0.25, 0.3) is 5.91 Å². The summed E-state index contributed by atoms with van der Waals surface area (Å²) in [6, 6.07) is 8.03. The predicted octanol–water partition coefficient (Wildman–Crippen LogP) is 3.58. The van der Waals surface area contributed by atoms with Crippen LogP contribution in [0.15, 0.2) is 55.1 Å². The average Bonchev–Trinajstić information content (AvgIpc) is 3.50. The van der Waals surface area contributed by atoms with Crippen molar-refractivity contribution < 1.29 is 9.18 Å². The number of hydrogen-bond donors (Lipinski definition) is 3. The molecule has 0 radical (unpaired) electrons. The molecule has 3 aromatic rings. The number of benzene rings is 1. The van der Waals surface area contributed by atoms with Crippen LogP contribution in [0.2, 0.25) is 0 Å². The van der Waals surface area contributed by atoms with Gasteiger partial charge in [-0.25, -0.2) is 14.4 Å². The number of halogens is 1. The second-order valence-electron chi connectivity index (χ2n) is 6.22. The van der Waals surface area contributed by atoms with Gasteiger partial charge >= 0.3 is 0 Å². The zero-order valence-corrected chi connectivity index (χ0v) is 14.3. The summed E-state index contributed by atoms with van der Waals surface area (Å²) >= 11 is 0. The standard InChI is InChI=1S/C19H17FN6O/c20-13-1-3-14(4-2-13)24-17-11-21-8-7-16(17)26-18(27)12-9-22-19(23-10-12)25-15-5-6-15/h1-4,7-11,15,24H,5-6H2,(H,21,26,27)(H,22,23,25). The number of pyridine rings is 1. The molecule has 1 aromatic carbocycles. The van der Waals surface area contributed by atoms with Crippen LogP contribution in [0.1, 0.15) is 23.2 Å². The molecule has 1 aliphatic carbocycles. The molecule has 8 heteroatoms. The fourth-order valence-corrected chi connectivity index (χ4v) is 2.42. The summed E-state index contributed by atoms with van der Waals surface area (Å²) in [5, 5.41) is 9.10. The molecule has 2 heterocycles. The van der Waals surface area contributed by atoms with Crippen LogP contribution in [0.5, 0.6) is 0 Å². The minimum absolute atomic E-state index is 0.320. The van der Waals surface area contributed by atoms with E-state index in [-0.39, 0.29) is 11.7 Å². The van der Waals surface area contributed by atoms with E-state index in [2.05, 4.69) is 30.9 Å². The highest BCUT2D eigenvalue weighted by molar-refractivity contribution is 6.05. The molecule has 3 N–H and O–H groups in total. The Morgan fingerprint density at radius 2 is 1.74 bits per heavy atom. The van der Waals surface area contributed by atoms with Gasteiger partial charge in [0.2, 0.25) is 5.95 Å². The summed E-state index contributed by atoms with van der Waals surface area (Å²) in [4.78, 5) is 24.9. The van der Waals surface area contributed by atoms with Crippen molar-refractivity contribution >= 4 is 28.9 Å². The molecule has 136 valence electrons. The lowest BCUT2D eigenvalue weighted by Gasteiger charge is -2.12. The van der Waals surface area contributed by atoms with Crippen molar-refractivity contribution in [3.8, 4) is 0 Å². The van der Waals surface area contributed by atoms with E-state index in [4.69, 9.17) is 0 Å². The van der Waals surface area contributed by atoms with Crippen molar-refractivity contribution in [3.05, 3.63) is 66.5 Å². The van der Waals surface area contributed by atoms with Gasteiger partial charge in [-0.3, -0.25) is 9.78 Å². The maximum absolute atomic E-state index is 13.1. The maximum Gasteiger partial charge on any atom is 0.258 e. The number of nitrogens with one attached hydrogen (secondary N) is 3. The van der Waals surface area contributed by atoms with Gasteiger partial charge in [-0.05, 0) is 43.2 Å². The SMILES string of the molecule is O=C(Nc1ccncc1Nc1ccc(F)cc1)c1cnc(NC2CC2)nc1. The fraction of sp³-hybridized carbons (Fsp3) is 0.158. The molecule has 4 rings (SSSR count).